The molecule has 4 rings (SSSR count). The van der Waals surface area contributed by atoms with Crippen molar-refractivity contribution in [1.82, 2.24) is 4.90 Å². The number of piperidine rings is 1. The lowest BCUT2D eigenvalue weighted by molar-refractivity contribution is -0.00535. The summed E-state index contributed by atoms with van der Waals surface area (Å²) in [6, 6.07) is 14.6. The van der Waals surface area contributed by atoms with Gasteiger partial charge in [0.2, 0.25) is 0 Å². The van der Waals surface area contributed by atoms with Gasteiger partial charge in [-0.2, -0.15) is 0 Å². The van der Waals surface area contributed by atoms with Crippen molar-refractivity contribution in [2.24, 2.45) is 5.41 Å². The molecule has 0 bridgehead atoms. The van der Waals surface area contributed by atoms with Crippen molar-refractivity contribution in [2.75, 3.05) is 20.2 Å². The first kappa shape index (κ1) is 18.8. The highest BCUT2D eigenvalue weighted by Crippen LogP contribution is 2.45. The van der Waals surface area contributed by atoms with Crippen LogP contribution in [-0.4, -0.2) is 42.2 Å². The molecule has 0 radical (unpaired) electrons. The second-order valence-corrected chi connectivity index (χ2v) is 7.90. The summed E-state index contributed by atoms with van der Waals surface area (Å²) in [6.07, 6.45) is 4.64. The zero-order chi connectivity index (χ0) is 19.6. The van der Waals surface area contributed by atoms with Crippen molar-refractivity contribution in [3.8, 4) is 17.2 Å². The van der Waals surface area contributed by atoms with Crippen LogP contribution in [0.15, 0.2) is 48.5 Å². The van der Waals surface area contributed by atoms with Gasteiger partial charge in [0.1, 0.15) is 17.2 Å². The Morgan fingerprint density at radius 3 is 2.21 bits per heavy atom. The van der Waals surface area contributed by atoms with Gasteiger partial charge in [-0.1, -0.05) is 6.42 Å². The zero-order valence-corrected chi connectivity index (χ0v) is 16.3. The molecule has 148 valence electrons. The smallest absolute Gasteiger partial charge is 0.253 e. The number of methoxy groups -OCH3 is 1. The number of aliphatic hydroxyl groups is 1. The fourth-order valence-corrected chi connectivity index (χ4v) is 4.56. The van der Waals surface area contributed by atoms with Gasteiger partial charge in [-0.05, 0) is 74.2 Å². The minimum atomic E-state index is -0.275. The standard InChI is InChI=1S/C23H27NO4/c1-27-18-9-11-20(12-10-18)28-19-7-5-17(6-8-19)22(26)24-15-3-14-23(16-24)13-2-4-21(23)25/h5-12,21,25H,2-4,13-16H2,1H3/t21-,23-/m1/s1. The third kappa shape index (κ3) is 3.72. The van der Waals surface area contributed by atoms with Crippen molar-refractivity contribution in [3.63, 3.8) is 0 Å². The Labute approximate surface area is 165 Å². The van der Waals surface area contributed by atoms with Crippen LogP contribution in [0.4, 0.5) is 0 Å². The molecule has 1 spiro atoms. The molecule has 1 aliphatic heterocycles. The van der Waals surface area contributed by atoms with E-state index in [4.69, 9.17) is 9.47 Å². The molecule has 1 aliphatic carbocycles. The highest BCUT2D eigenvalue weighted by Gasteiger charge is 2.45. The third-order valence-electron chi connectivity index (χ3n) is 6.15. The SMILES string of the molecule is COc1ccc(Oc2ccc(C(=O)N3CCC[C@]4(CCC[C@H]4O)C3)cc2)cc1. The number of hydrogen-bond acceptors (Lipinski definition) is 4. The number of hydrogen-bond donors (Lipinski definition) is 1. The Morgan fingerprint density at radius 1 is 1.00 bits per heavy atom. The minimum Gasteiger partial charge on any atom is -0.497 e. The Hall–Kier alpha value is -2.53. The number of carbonyl (C=O) groups is 1. The van der Waals surface area contributed by atoms with Gasteiger partial charge >= 0.3 is 0 Å². The molecule has 0 aromatic heterocycles. The molecular formula is C23H27NO4. The van der Waals surface area contributed by atoms with Crippen molar-refractivity contribution in [3.05, 3.63) is 54.1 Å². The number of carbonyl (C=O) groups excluding carboxylic acids is 1. The molecule has 2 aromatic carbocycles. The highest BCUT2D eigenvalue weighted by atomic mass is 16.5. The Morgan fingerprint density at radius 2 is 1.61 bits per heavy atom. The maximum atomic E-state index is 13.0. The van der Waals surface area contributed by atoms with E-state index in [1.807, 2.05) is 53.4 Å². The van der Waals surface area contributed by atoms with E-state index in [2.05, 4.69) is 0 Å². The summed E-state index contributed by atoms with van der Waals surface area (Å²) in [7, 11) is 1.63. The summed E-state index contributed by atoms with van der Waals surface area (Å²) in [4.78, 5) is 14.9. The number of likely N-dealkylation sites (tertiary alicyclic amines) is 1. The summed E-state index contributed by atoms with van der Waals surface area (Å²) in [5.41, 5.74) is 0.567. The molecule has 0 unspecified atom stereocenters. The lowest BCUT2D eigenvalue weighted by atomic mass is 9.76. The quantitative estimate of drug-likeness (QED) is 0.860. The van der Waals surface area contributed by atoms with Crippen LogP contribution in [0.5, 0.6) is 17.2 Å². The van der Waals surface area contributed by atoms with Crippen LogP contribution in [0.2, 0.25) is 0 Å². The molecule has 28 heavy (non-hydrogen) atoms. The van der Waals surface area contributed by atoms with E-state index in [-0.39, 0.29) is 17.4 Å². The number of aliphatic hydroxyl groups excluding tert-OH is 1. The van der Waals surface area contributed by atoms with E-state index in [0.29, 0.717) is 23.6 Å². The molecule has 2 aliphatic rings. The molecule has 2 atom stereocenters. The van der Waals surface area contributed by atoms with Crippen LogP contribution in [0.1, 0.15) is 42.5 Å². The number of rotatable bonds is 4. The molecule has 2 aromatic rings. The lowest BCUT2D eigenvalue weighted by Gasteiger charge is -2.42. The molecule has 1 saturated heterocycles. The largest absolute Gasteiger partial charge is 0.497 e. The van der Waals surface area contributed by atoms with Crippen LogP contribution >= 0.6 is 0 Å². The van der Waals surface area contributed by atoms with Crippen molar-refractivity contribution in [1.29, 1.82) is 0 Å². The maximum absolute atomic E-state index is 13.0. The number of ether oxygens (including phenoxy) is 2. The van der Waals surface area contributed by atoms with Gasteiger partial charge in [0.25, 0.3) is 5.91 Å². The van der Waals surface area contributed by atoms with E-state index in [9.17, 15) is 9.90 Å². The average Bonchev–Trinajstić information content (AvgIpc) is 3.08. The van der Waals surface area contributed by atoms with Crippen LogP contribution < -0.4 is 9.47 Å². The molecule has 2 fully saturated rings. The van der Waals surface area contributed by atoms with Crippen molar-refractivity contribution >= 4 is 5.91 Å². The predicted octanol–water partition coefficient (Wildman–Crippen LogP) is 4.25. The second kappa shape index (κ2) is 7.84. The first-order valence-corrected chi connectivity index (χ1v) is 9.99. The molecular weight excluding hydrogens is 354 g/mol. The van der Waals surface area contributed by atoms with Gasteiger partial charge in [-0.25, -0.2) is 0 Å². The summed E-state index contributed by atoms with van der Waals surface area (Å²) in [5, 5.41) is 10.4. The molecule has 1 amide bonds. The van der Waals surface area contributed by atoms with Crippen LogP contribution in [-0.2, 0) is 0 Å². The Bertz CT molecular complexity index is 818. The summed E-state index contributed by atoms with van der Waals surface area (Å²) >= 11 is 0. The van der Waals surface area contributed by atoms with Crippen LogP contribution in [0.3, 0.4) is 0 Å². The van der Waals surface area contributed by atoms with Gasteiger partial charge < -0.3 is 19.5 Å². The van der Waals surface area contributed by atoms with Gasteiger partial charge in [0.05, 0.1) is 13.2 Å². The van der Waals surface area contributed by atoms with E-state index in [1.165, 1.54) is 0 Å². The van der Waals surface area contributed by atoms with Crippen molar-refractivity contribution in [2.45, 2.75) is 38.2 Å². The molecule has 5 nitrogen and oxygen atoms in total. The number of nitrogens with zero attached hydrogens (tertiary/aromatic N) is 1. The first-order valence-electron chi connectivity index (χ1n) is 9.99. The van der Waals surface area contributed by atoms with Gasteiger partial charge in [-0.15, -0.1) is 0 Å². The van der Waals surface area contributed by atoms with E-state index in [1.54, 1.807) is 7.11 Å². The maximum Gasteiger partial charge on any atom is 0.253 e. The third-order valence-corrected chi connectivity index (χ3v) is 6.15. The predicted molar refractivity (Wildman–Crippen MR) is 107 cm³/mol. The normalized spacial score (nSPS) is 24.4. The lowest BCUT2D eigenvalue weighted by Crippen LogP contribution is -2.49. The Kier molecular flexibility index (Phi) is 5.27. The molecule has 1 heterocycles. The molecule has 1 saturated carbocycles. The number of benzene rings is 2. The van der Waals surface area contributed by atoms with Crippen LogP contribution in [0.25, 0.3) is 0 Å². The number of amides is 1. The van der Waals surface area contributed by atoms with Gasteiger partial charge in [-0.3, -0.25) is 4.79 Å². The molecule has 5 heteroatoms. The van der Waals surface area contributed by atoms with Gasteiger partial charge in [0, 0.05) is 24.1 Å². The average molecular weight is 381 g/mol. The summed E-state index contributed by atoms with van der Waals surface area (Å²) in [5.74, 6) is 2.21. The highest BCUT2D eigenvalue weighted by molar-refractivity contribution is 5.94. The minimum absolute atomic E-state index is 0.0363. The molecule has 1 N–H and O–H groups in total. The van der Waals surface area contributed by atoms with Gasteiger partial charge in [0.15, 0.2) is 0 Å². The van der Waals surface area contributed by atoms with E-state index in [0.717, 1.165) is 44.4 Å². The van der Waals surface area contributed by atoms with E-state index < -0.39 is 0 Å². The fourth-order valence-electron chi connectivity index (χ4n) is 4.56. The monoisotopic (exact) mass is 381 g/mol. The fraction of sp³-hybridized carbons (Fsp3) is 0.435. The Balaban J connectivity index is 1.42. The topological polar surface area (TPSA) is 59.0 Å². The summed E-state index contributed by atoms with van der Waals surface area (Å²) < 4.78 is 11.0. The first-order chi connectivity index (χ1) is 13.6. The van der Waals surface area contributed by atoms with Crippen molar-refractivity contribution < 1.29 is 19.4 Å². The summed E-state index contributed by atoms with van der Waals surface area (Å²) in [6.45, 7) is 1.43. The second-order valence-electron chi connectivity index (χ2n) is 7.90. The van der Waals surface area contributed by atoms with E-state index >= 15 is 0 Å². The van der Waals surface area contributed by atoms with Crippen LogP contribution in [0, 0.1) is 5.41 Å². The zero-order valence-electron chi connectivity index (χ0n) is 16.3.